The van der Waals surface area contributed by atoms with E-state index < -0.39 is 94.6 Å². The monoisotopic (exact) mass is 1090 g/mol. The van der Waals surface area contributed by atoms with Crippen LogP contribution < -0.4 is 44.2 Å². The quantitative estimate of drug-likeness (QED) is 0.0365. The molecule has 2 aromatic carbocycles. The molecule has 2 aromatic heterocycles. The molecule has 78 heavy (non-hydrogen) atoms. The van der Waals surface area contributed by atoms with Crippen LogP contribution in [0.4, 0.5) is 0 Å². The van der Waals surface area contributed by atoms with Crippen molar-refractivity contribution in [2.24, 2.45) is 56.6 Å². The summed E-state index contributed by atoms with van der Waals surface area (Å²) in [6.07, 6.45) is 4.50. The molecule has 420 valence electrons. The van der Waals surface area contributed by atoms with Gasteiger partial charge in [-0.05, 0) is 75.3 Å². The SMILES string of the molecule is CC(=O)N[C@@H](CCCN=C(N)N)C(=O)C[C@H]1CSCC[C@@H](C(C)=O)CC(=O)[C@H](Cc2c[nH]c3ccccc23)NC(=O)[C@H](CCCN=C(N)N)CC(=O)[C@@H](Cc2ccccc2)NC(=O)[C@H](Cc2cnc[nH]2)CC(=O)[C@@H](C)NC1=O. The molecule has 1 saturated heterocycles. The lowest BCUT2D eigenvalue weighted by Crippen LogP contribution is -2.49. The van der Waals surface area contributed by atoms with Crippen molar-refractivity contribution in [2.45, 2.75) is 122 Å². The Morgan fingerprint density at radius 1 is 0.731 bits per heavy atom. The smallest absolute Gasteiger partial charge is 0.224 e. The van der Waals surface area contributed by atoms with E-state index in [0.717, 1.165) is 16.5 Å². The third-order valence-corrected chi connectivity index (χ3v) is 14.9. The van der Waals surface area contributed by atoms with Crippen LogP contribution in [-0.4, -0.2) is 128 Å². The average Bonchev–Trinajstić information content (AvgIpc) is 4.10. The van der Waals surface area contributed by atoms with Gasteiger partial charge in [0.15, 0.2) is 35.1 Å². The number of aromatic nitrogens is 3. The molecular weight excluding hydrogens is 1020 g/mol. The summed E-state index contributed by atoms with van der Waals surface area (Å²) < 4.78 is 0. The van der Waals surface area contributed by atoms with Crippen LogP contribution in [0.2, 0.25) is 0 Å². The third kappa shape index (κ3) is 20.0. The molecule has 1 fully saturated rings. The van der Waals surface area contributed by atoms with Crippen LogP contribution in [0.1, 0.15) is 95.4 Å². The van der Waals surface area contributed by atoms with Crippen molar-refractivity contribution in [2.75, 3.05) is 24.6 Å². The van der Waals surface area contributed by atoms with Crippen molar-refractivity contribution in [3.63, 3.8) is 0 Å². The van der Waals surface area contributed by atoms with Gasteiger partial charge in [-0.1, -0.05) is 48.5 Å². The highest BCUT2D eigenvalue weighted by molar-refractivity contribution is 7.99. The number of aliphatic imine (C=N–C) groups is 2. The van der Waals surface area contributed by atoms with E-state index in [0.29, 0.717) is 17.7 Å². The number of nitrogens with two attached hydrogens (primary N) is 4. The van der Waals surface area contributed by atoms with Crippen molar-refractivity contribution < 1.29 is 43.2 Å². The molecular formula is C55H75N13O9S. The molecule has 23 heteroatoms. The minimum Gasteiger partial charge on any atom is -0.370 e. The van der Waals surface area contributed by atoms with Gasteiger partial charge in [0.1, 0.15) is 5.78 Å². The van der Waals surface area contributed by atoms with Gasteiger partial charge in [0.25, 0.3) is 0 Å². The number of ketones is 5. The van der Waals surface area contributed by atoms with Gasteiger partial charge < -0.3 is 54.2 Å². The van der Waals surface area contributed by atoms with Crippen molar-refractivity contribution in [3.8, 4) is 0 Å². The fraction of sp³-hybridized carbons (Fsp3) is 0.491. The lowest BCUT2D eigenvalue weighted by molar-refractivity contribution is -0.135. The second-order valence-electron chi connectivity index (χ2n) is 20.0. The molecule has 3 heterocycles. The Hall–Kier alpha value is -7.69. The molecule has 0 spiro atoms. The van der Waals surface area contributed by atoms with Crippen molar-refractivity contribution in [1.82, 2.24) is 36.2 Å². The Labute approximate surface area is 458 Å². The molecule has 0 radical (unpaired) electrons. The second kappa shape index (κ2) is 30.9. The molecule has 1 aliphatic heterocycles. The number of thioether (sulfide) groups is 1. The van der Waals surface area contributed by atoms with Gasteiger partial charge in [-0.3, -0.25) is 53.1 Å². The van der Waals surface area contributed by atoms with Crippen LogP contribution >= 0.6 is 11.8 Å². The summed E-state index contributed by atoms with van der Waals surface area (Å²) in [5.41, 5.74) is 25.0. The highest BCUT2D eigenvalue weighted by Crippen LogP contribution is 2.25. The third-order valence-electron chi connectivity index (χ3n) is 13.8. The minimum absolute atomic E-state index is 0.00506. The number of para-hydroxylation sites is 1. The van der Waals surface area contributed by atoms with Crippen LogP contribution in [0.3, 0.4) is 0 Å². The van der Waals surface area contributed by atoms with Gasteiger partial charge in [-0.2, -0.15) is 11.8 Å². The number of nitrogens with one attached hydrogen (secondary N) is 6. The molecule has 0 saturated carbocycles. The maximum atomic E-state index is 14.8. The van der Waals surface area contributed by atoms with Crippen molar-refractivity contribution in [3.05, 3.63) is 90.1 Å². The topological polar surface area (TPSA) is 375 Å². The molecule has 0 bridgehead atoms. The number of guanidine groups is 2. The van der Waals surface area contributed by atoms with E-state index in [1.54, 1.807) is 36.5 Å². The number of Topliss-reactive ketones (excluding diaryl/α,β-unsaturated/α-hetero) is 5. The summed E-state index contributed by atoms with van der Waals surface area (Å²) in [5, 5.41) is 12.1. The van der Waals surface area contributed by atoms with Crippen LogP contribution in [0.5, 0.6) is 0 Å². The summed E-state index contributed by atoms with van der Waals surface area (Å²) in [6, 6.07) is 12.0. The average molecular weight is 1090 g/mol. The predicted molar refractivity (Wildman–Crippen MR) is 298 cm³/mol. The van der Waals surface area contributed by atoms with Gasteiger partial charge in [0, 0.05) is 105 Å². The van der Waals surface area contributed by atoms with E-state index in [2.05, 4.69) is 46.2 Å². The van der Waals surface area contributed by atoms with Gasteiger partial charge in [-0.15, -0.1) is 0 Å². The number of imidazole rings is 1. The van der Waals surface area contributed by atoms with Crippen molar-refractivity contribution >= 4 is 87.1 Å². The van der Waals surface area contributed by atoms with Crippen LogP contribution in [-0.2, 0) is 62.4 Å². The molecule has 0 unspecified atom stereocenters. The summed E-state index contributed by atoms with van der Waals surface area (Å²) in [7, 11) is 0. The zero-order chi connectivity index (χ0) is 56.7. The molecule has 5 rings (SSSR count). The molecule has 8 atom stereocenters. The van der Waals surface area contributed by atoms with Crippen LogP contribution in [0.15, 0.2) is 83.3 Å². The van der Waals surface area contributed by atoms with E-state index in [1.807, 2.05) is 24.3 Å². The maximum absolute atomic E-state index is 14.8. The second-order valence-corrected chi connectivity index (χ2v) is 21.1. The van der Waals surface area contributed by atoms with E-state index >= 15 is 0 Å². The molecule has 4 amide bonds. The first-order valence-corrected chi connectivity index (χ1v) is 27.5. The van der Waals surface area contributed by atoms with Gasteiger partial charge >= 0.3 is 0 Å². The summed E-state index contributed by atoms with van der Waals surface area (Å²) in [5.74, 6) is -8.46. The zero-order valence-corrected chi connectivity index (χ0v) is 45.4. The number of carbonyl (C=O) groups excluding carboxylic acids is 9. The number of nitrogens with zero attached hydrogens (tertiary/aromatic N) is 3. The molecule has 0 aliphatic carbocycles. The first kappa shape index (κ1) is 61.2. The number of H-pyrrole nitrogens is 2. The lowest BCUT2D eigenvalue weighted by Gasteiger charge is -2.26. The minimum atomic E-state index is -1.20. The summed E-state index contributed by atoms with van der Waals surface area (Å²) >= 11 is 1.27. The maximum Gasteiger partial charge on any atom is 0.224 e. The van der Waals surface area contributed by atoms with E-state index in [1.165, 1.54) is 45.1 Å². The molecule has 4 aromatic rings. The Morgan fingerprint density at radius 3 is 2.03 bits per heavy atom. The lowest BCUT2D eigenvalue weighted by atomic mass is 9.88. The fourth-order valence-electron chi connectivity index (χ4n) is 9.41. The number of rotatable bonds is 19. The van der Waals surface area contributed by atoms with Gasteiger partial charge in [-0.25, -0.2) is 4.98 Å². The number of aromatic amines is 2. The normalized spacial score (nSPS) is 22.1. The van der Waals surface area contributed by atoms with E-state index in [9.17, 15) is 43.2 Å². The first-order chi connectivity index (χ1) is 37.3. The van der Waals surface area contributed by atoms with Crippen molar-refractivity contribution in [1.29, 1.82) is 0 Å². The van der Waals surface area contributed by atoms with Crippen LogP contribution in [0, 0.1) is 23.7 Å². The number of hydrogen-bond donors (Lipinski definition) is 10. The largest absolute Gasteiger partial charge is 0.370 e. The molecule has 22 nitrogen and oxygen atoms in total. The van der Waals surface area contributed by atoms with E-state index in [-0.39, 0.29) is 113 Å². The number of amides is 4. The standard InChI is InChI=1S/C55H75N13O9S/c1-32-47(71)26-38(22-41-29-60-31-64-41)52(76)67-45(21-35-11-5-4-6-12-35)50(74)25-37(13-9-18-61-54(56)57)51(75)68-46(23-39-28-63-43-15-8-7-14-42(39)43)49(73)24-36(33(2)69)17-20-78-30-40(53(77)65-32)27-48(72)44(66-34(3)70)16-10-19-62-55(58)59/h4-8,11-12,14-15,28-29,31-32,36-38,40,44-46,63H,9-10,13,16-27,30H2,1-3H3,(H,60,64)(H,65,77)(H,66,70)(H,67,76)(H,68,75)(H4,56,57,61)(H4,58,59,62)/t32-,36-,37-,38-,40+,44+,45-,46+/m1/s1. The number of hydrogen-bond acceptors (Lipinski definition) is 13. The van der Waals surface area contributed by atoms with Gasteiger partial charge in [0.2, 0.25) is 23.6 Å². The Morgan fingerprint density at radius 2 is 1.36 bits per heavy atom. The summed E-state index contributed by atoms with van der Waals surface area (Å²) in [6.45, 7) is 4.45. The highest BCUT2D eigenvalue weighted by Gasteiger charge is 2.35. The zero-order valence-electron chi connectivity index (χ0n) is 44.6. The fourth-order valence-corrected chi connectivity index (χ4v) is 10.6. The van der Waals surface area contributed by atoms with Gasteiger partial charge in [0.05, 0.1) is 42.3 Å². The first-order valence-electron chi connectivity index (χ1n) is 26.3. The number of benzene rings is 2. The van der Waals surface area contributed by atoms with E-state index in [4.69, 9.17) is 22.9 Å². The Balaban J connectivity index is 1.55. The molecule has 1 aliphatic rings. The highest BCUT2D eigenvalue weighted by atomic mass is 32.2. The molecule has 14 N–H and O–H groups in total. The number of fused-ring (bicyclic) bond motifs is 1. The predicted octanol–water partition coefficient (Wildman–Crippen LogP) is 2.03. The van der Waals surface area contributed by atoms with Crippen LogP contribution in [0.25, 0.3) is 10.9 Å². The Kier molecular flexibility index (Phi) is 24.2. The number of carbonyl (C=O) groups is 9. The summed E-state index contributed by atoms with van der Waals surface area (Å²) in [4.78, 5) is 145. The Bertz CT molecular complexity index is 2760.